The molecule has 0 radical (unpaired) electrons. The molecule has 0 atom stereocenters. The molecule has 0 aliphatic rings. The van der Waals surface area contributed by atoms with Gasteiger partial charge in [0.15, 0.2) is 0 Å². The SMILES string of the molecule is CC(C)(CO)NC(=O)c1cc2ccccc2c(Cl)n1. The molecule has 2 aromatic rings. The third-order valence-electron chi connectivity index (χ3n) is 2.77. The highest BCUT2D eigenvalue weighted by atomic mass is 35.5. The van der Waals surface area contributed by atoms with Crippen LogP contribution in [0.2, 0.25) is 5.15 Å². The number of halogens is 1. The van der Waals surface area contributed by atoms with E-state index in [4.69, 9.17) is 16.7 Å². The maximum atomic E-state index is 12.1. The van der Waals surface area contributed by atoms with Gasteiger partial charge in [-0.2, -0.15) is 0 Å². The van der Waals surface area contributed by atoms with Crippen LogP contribution in [0.5, 0.6) is 0 Å². The second kappa shape index (κ2) is 5.15. The molecule has 0 aliphatic heterocycles. The monoisotopic (exact) mass is 278 g/mol. The van der Waals surface area contributed by atoms with Crippen LogP contribution in [0.3, 0.4) is 0 Å². The van der Waals surface area contributed by atoms with E-state index >= 15 is 0 Å². The molecular formula is C14H15ClN2O2. The van der Waals surface area contributed by atoms with Crippen LogP contribution in [-0.4, -0.2) is 28.1 Å². The Kier molecular flexibility index (Phi) is 3.73. The molecule has 0 spiro atoms. The average Bonchev–Trinajstić information content (AvgIpc) is 2.38. The number of nitrogens with zero attached hydrogens (tertiary/aromatic N) is 1. The summed E-state index contributed by atoms with van der Waals surface area (Å²) in [5, 5.41) is 13.8. The smallest absolute Gasteiger partial charge is 0.270 e. The van der Waals surface area contributed by atoms with E-state index in [0.717, 1.165) is 10.8 Å². The number of pyridine rings is 1. The summed E-state index contributed by atoms with van der Waals surface area (Å²) in [5.41, 5.74) is -0.457. The molecule has 100 valence electrons. The molecule has 2 rings (SSSR count). The van der Waals surface area contributed by atoms with Crippen LogP contribution in [0.4, 0.5) is 0 Å². The molecule has 2 N–H and O–H groups in total. The van der Waals surface area contributed by atoms with Crippen molar-refractivity contribution in [2.45, 2.75) is 19.4 Å². The van der Waals surface area contributed by atoms with Gasteiger partial charge in [0, 0.05) is 5.39 Å². The summed E-state index contributed by atoms with van der Waals surface area (Å²) in [5.74, 6) is -0.355. The van der Waals surface area contributed by atoms with Gasteiger partial charge in [0.25, 0.3) is 5.91 Å². The Morgan fingerprint density at radius 1 is 1.42 bits per heavy atom. The van der Waals surface area contributed by atoms with Crippen molar-refractivity contribution < 1.29 is 9.90 Å². The zero-order chi connectivity index (χ0) is 14.0. The fraction of sp³-hybridized carbons (Fsp3) is 0.286. The predicted molar refractivity (Wildman–Crippen MR) is 75.4 cm³/mol. The van der Waals surface area contributed by atoms with Crippen molar-refractivity contribution in [2.75, 3.05) is 6.61 Å². The number of nitrogens with one attached hydrogen (secondary N) is 1. The summed E-state index contributed by atoms with van der Waals surface area (Å²) in [4.78, 5) is 16.2. The van der Waals surface area contributed by atoms with E-state index < -0.39 is 5.54 Å². The van der Waals surface area contributed by atoms with Gasteiger partial charge in [-0.05, 0) is 25.3 Å². The van der Waals surface area contributed by atoms with Crippen LogP contribution in [0.25, 0.3) is 10.8 Å². The molecule has 1 heterocycles. The van der Waals surface area contributed by atoms with E-state index in [2.05, 4.69) is 10.3 Å². The molecular weight excluding hydrogens is 264 g/mol. The molecule has 0 unspecified atom stereocenters. The Bertz CT molecular complexity index is 626. The lowest BCUT2D eigenvalue weighted by Gasteiger charge is -2.23. The van der Waals surface area contributed by atoms with Gasteiger partial charge in [0.1, 0.15) is 10.8 Å². The summed E-state index contributed by atoms with van der Waals surface area (Å²) < 4.78 is 0. The molecule has 0 saturated carbocycles. The average molecular weight is 279 g/mol. The fourth-order valence-electron chi connectivity index (χ4n) is 1.68. The predicted octanol–water partition coefficient (Wildman–Crippen LogP) is 2.39. The molecule has 5 heteroatoms. The van der Waals surface area contributed by atoms with Crippen molar-refractivity contribution in [1.82, 2.24) is 10.3 Å². The second-order valence-electron chi connectivity index (χ2n) is 5.02. The zero-order valence-corrected chi connectivity index (χ0v) is 11.5. The van der Waals surface area contributed by atoms with Crippen LogP contribution in [-0.2, 0) is 0 Å². The van der Waals surface area contributed by atoms with E-state index in [9.17, 15) is 4.79 Å². The maximum absolute atomic E-state index is 12.1. The molecule has 1 aromatic heterocycles. The lowest BCUT2D eigenvalue weighted by Crippen LogP contribution is -2.46. The van der Waals surface area contributed by atoms with Crippen molar-refractivity contribution in [2.24, 2.45) is 0 Å². The largest absolute Gasteiger partial charge is 0.394 e. The number of fused-ring (bicyclic) bond motifs is 1. The van der Waals surface area contributed by atoms with Crippen molar-refractivity contribution in [3.05, 3.63) is 41.2 Å². The maximum Gasteiger partial charge on any atom is 0.270 e. The van der Waals surface area contributed by atoms with E-state index in [1.54, 1.807) is 19.9 Å². The van der Waals surface area contributed by atoms with Crippen LogP contribution in [0, 0.1) is 0 Å². The third kappa shape index (κ3) is 3.03. The highest BCUT2D eigenvalue weighted by Crippen LogP contribution is 2.22. The van der Waals surface area contributed by atoms with E-state index in [1.807, 2.05) is 24.3 Å². The van der Waals surface area contributed by atoms with Gasteiger partial charge in [-0.1, -0.05) is 35.9 Å². The van der Waals surface area contributed by atoms with Crippen LogP contribution >= 0.6 is 11.6 Å². The minimum Gasteiger partial charge on any atom is -0.394 e. The summed E-state index contributed by atoms with van der Waals surface area (Å²) in [7, 11) is 0. The van der Waals surface area contributed by atoms with Gasteiger partial charge in [0.2, 0.25) is 0 Å². The Morgan fingerprint density at radius 3 is 2.79 bits per heavy atom. The first-order chi connectivity index (χ1) is 8.93. The number of carbonyl (C=O) groups is 1. The Hall–Kier alpha value is -1.65. The second-order valence-corrected chi connectivity index (χ2v) is 5.37. The molecule has 1 amide bonds. The van der Waals surface area contributed by atoms with Crippen molar-refractivity contribution in [3.8, 4) is 0 Å². The standard InChI is InChI=1S/C14H15ClN2O2/c1-14(2,8-18)17-13(19)11-7-9-5-3-4-6-10(9)12(15)16-11/h3-7,18H,8H2,1-2H3,(H,17,19). The lowest BCUT2D eigenvalue weighted by atomic mass is 10.1. The molecule has 0 fully saturated rings. The van der Waals surface area contributed by atoms with E-state index in [1.165, 1.54) is 0 Å². The number of hydrogen-bond donors (Lipinski definition) is 2. The Morgan fingerprint density at radius 2 is 2.11 bits per heavy atom. The van der Waals surface area contributed by atoms with Gasteiger partial charge in [-0.15, -0.1) is 0 Å². The molecule has 4 nitrogen and oxygen atoms in total. The number of aromatic nitrogens is 1. The quantitative estimate of drug-likeness (QED) is 0.848. The first-order valence-electron chi connectivity index (χ1n) is 5.91. The van der Waals surface area contributed by atoms with Gasteiger partial charge in [-0.3, -0.25) is 4.79 Å². The number of benzene rings is 1. The number of hydrogen-bond acceptors (Lipinski definition) is 3. The topological polar surface area (TPSA) is 62.2 Å². The van der Waals surface area contributed by atoms with Gasteiger partial charge < -0.3 is 10.4 Å². The number of amides is 1. The number of carbonyl (C=O) groups excluding carboxylic acids is 1. The van der Waals surface area contributed by atoms with Gasteiger partial charge >= 0.3 is 0 Å². The summed E-state index contributed by atoms with van der Waals surface area (Å²) in [6.45, 7) is 3.31. The summed E-state index contributed by atoms with van der Waals surface area (Å²) in [6.07, 6.45) is 0. The van der Waals surface area contributed by atoms with Gasteiger partial charge in [-0.25, -0.2) is 4.98 Å². The first kappa shape index (κ1) is 13.8. The first-order valence-corrected chi connectivity index (χ1v) is 6.29. The molecule has 0 aliphatic carbocycles. The van der Waals surface area contributed by atoms with Crippen LogP contribution in [0.15, 0.2) is 30.3 Å². The van der Waals surface area contributed by atoms with E-state index in [-0.39, 0.29) is 18.2 Å². The van der Waals surface area contributed by atoms with Crippen molar-refractivity contribution >= 4 is 28.3 Å². The highest BCUT2D eigenvalue weighted by molar-refractivity contribution is 6.34. The Balaban J connectivity index is 2.38. The minimum atomic E-state index is -0.698. The van der Waals surface area contributed by atoms with Crippen molar-refractivity contribution in [3.63, 3.8) is 0 Å². The molecule has 0 bridgehead atoms. The number of aliphatic hydroxyl groups excluding tert-OH is 1. The van der Waals surface area contributed by atoms with Crippen molar-refractivity contribution in [1.29, 1.82) is 0 Å². The molecule has 19 heavy (non-hydrogen) atoms. The third-order valence-corrected chi connectivity index (χ3v) is 3.06. The number of aliphatic hydroxyl groups is 1. The highest BCUT2D eigenvalue weighted by Gasteiger charge is 2.21. The van der Waals surface area contributed by atoms with Crippen LogP contribution < -0.4 is 5.32 Å². The molecule has 1 aromatic carbocycles. The lowest BCUT2D eigenvalue weighted by molar-refractivity contribution is 0.0864. The minimum absolute atomic E-state index is 0.153. The Labute approximate surface area is 116 Å². The molecule has 0 saturated heterocycles. The fourth-order valence-corrected chi connectivity index (χ4v) is 1.95. The van der Waals surface area contributed by atoms with Crippen LogP contribution in [0.1, 0.15) is 24.3 Å². The normalized spacial score (nSPS) is 11.6. The number of rotatable bonds is 3. The van der Waals surface area contributed by atoms with Gasteiger partial charge in [0.05, 0.1) is 12.1 Å². The summed E-state index contributed by atoms with van der Waals surface area (Å²) in [6, 6.07) is 9.15. The summed E-state index contributed by atoms with van der Waals surface area (Å²) >= 11 is 6.07. The van der Waals surface area contributed by atoms with E-state index in [0.29, 0.717) is 5.15 Å². The zero-order valence-electron chi connectivity index (χ0n) is 10.8.